The minimum absolute atomic E-state index is 0.0913. The molecular weight excluding hydrogens is 274 g/mol. The Hall–Kier alpha value is -2.08. The first-order chi connectivity index (χ1) is 9.51. The van der Waals surface area contributed by atoms with Gasteiger partial charge in [0, 0.05) is 11.4 Å². The van der Waals surface area contributed by atoms with E-state index in [2.05, 4.69) is 22.7 Å². The van der Waals surface area contributed by atoms with Crippen molar-refractivity contribution in [1.82, 2.24) is 10.9 Å². The van der Waals surface area contributed by atoms with Crippen molar-refractivity contribution >= 4 is 29.0 Å². The van der Waals surface area contributed by atoms with Crippen LogP contribution in [0.1, 0.15) is 18.9 Å². The van der Waals surface area contributed by atoms with Gasteiger partial charge >= 0.3 is 5.97 Å². The van der Waals surface area contributed by atoms with Crippen molar-refractivity contribution in [3.05, 3.63) is 42.1 Å². The smallest absolute Gasteiger partial charge is 0.311 e. The highest BCUT2D eigenvalue weighted by atomic mass is 32.1. The molecule has 0 radical (unpaired) electrons. The second-order valence-corrected chi connectivity index (χ2v) is 4.56. The Bertz CT molecular complexity index is 486. The van der Waals surface area contributed by atoms with Gasteiger partial charge in [-0.15, -0.1) is 0 Å². The molecule has 1 aromatic carbocycles. The lowest BCUT2D eigenvalue weighted by molar-refractivity contribution is -0.142. The summed E-state index contributed by atoms with van der Waals surface area (Å²) in [6.45, 7) is 7.83. The van der Waals surface area contributed by atoms with Gasteiger partial charge in [-0.25, -0.2) is 0 Å². The number of carbonyl (C=O) groups excluding carboxylic acids is 1. The zero-order valence-electron chi connectivity index (χ0n) is 11.7. The van der Waals surface area contributed by atoms with E-state index < -0.39 is 0 Å². The largest absolute Gasteiger partial charge is 0.466 e. The molecule has 0 saturated heterocycles. The second kappa shape index (κ2) is 8.16. The van der Waals surface area contributed by atoms with Gasteiger partial charge in [-0.05, 0) is 38.2 Å². The molecule has 1 rings (SSSR count). The van der Waals surface area contributed by atoms with Crippen LogP contribution in [0.4, 0.5) is 5.69 Å². The van der Waals surface area contributed by atoms with E-state index in [9.17, 15) is 4.79 Å². The summed E-state index contributed by atoms with van der Waals surface area (Å²) in [4.78, 5) is 11.2. The van der Waals surface area contributed by atoms with E-state index in [1.807, 2.05) is 31.2 Å². The Kier molecular flexibility index (Phi) is 6.52. The maximum atomic E-state index is 11.2. The Balaban J connectivity index is 2.31. The first-order valence-electron chi connectivity index (χ1n) is 6.24. The molecule has 0 heterocycles. The number of thiocarbonyl (C=S) groups is 1. The third-order valence-corrected chi connectivity index (χ3v) is 2.53. The molecule has 0 saturated carbocycles. The lowest BCUT2D eigenvalue weighted by atomic mass is 10.2. The summed E-state index contributed by atoms with van der Waals surface area (Å²) >= 11 is 5.11. The van der Waals surface area contributed by atoms with Crippen LogP contribution in [0.15, 0.2) is 36.5 Å². The summed E-state index contributed by atoms with van der Waals surface area (Å²) in [7, 11) is 0. The number of rotatable bonds is 6. The zero-order valence-corrected chi connectivity index (χ0v) is 12.5. The van der Waals surface area contributed by atoms with E-state index in [-0.39, 0.29) is 12.4 Å². The van der Waals surface area contributed by atoms with E-state index in [0.29, 0.717) is 17.4 Å². The molecule has 0 bridgehead atoms. The van der Waals surface area contributed by atoms with Crippen molar-refractivity contribution in [2.24, 2.45) is 0 Å². The number of aryl methyl sites for hydroxylation is 1. The molecule has 5 nitrogen and oxygen atoms in total. The first-order valence-corrected chi connectivity index (χ1v) is 6.65. The highest BCUT2D eigenvalue weighted by Gasteiger charge is 2.05. The van der Waals surface area contributed by atoms with Crippen molar-refractivity contribution in [2.75, 3.05) is 11.9 Å². The van der Waals surface area contributed by atoms with Gasteiger partial charge in [-0.2, -0.15) is 0 Å². The fourth-order valence-electron chi connectivity index (χ4n) is 1.37. The molecule has 0 aromatic heterocycles. The Labute approximate surface area is 124 Å². The average Bonchev–Trinajstić information content (AvgIpc) is 2.39. The van der Waals surface area contributed by atoms with Gasteiger partial charge in [0.25, 0.3) is 0 Å². The van der Waals surface area contributed by atoms with E-state index in [1.165, 1.54) is 5.56 Å². The van der Waals surface area contributed by atoms with Gasteiger partial charge in [0.15, 0.2) is 5.11 Å². The molecule has 0 amide bonds. The lowest BCUT2D eigenvalue weighted by Gasteiger charge is -2.14. The van der Waals surface area contributed by atoms with Gasteiger partial charge in [0.2, 0.25) is 0 Å². The predicted octanol–water partition coefficient (Wildman–Crippen LogP) is 2.25. The van der Waals surface area contributed by atoms with Crippen LogP contribution >= 0.6 is 12.2 Å². The third-order valence-electron chi connectivity index (χ3n) is 2.33. The van der Waals surface area contributed by atoms with E-state index >= 15 is 0 Å². The number of ether oxygens (including phenoxy) is 1. The topological polar surface area (TPSA) is 62.4 Å². The van der Waals surface area contributed by atoms with E-state index in [0.717, 1.165) is 5.69 Å². The minimum Gasteiger partial charge on any atom is -0.466 e. The maximum Gasteiger partial charge on any atom is 0.311 e. The molecule has 0 aliphatic heterocycles. The molecule has 0 spiro atoms. The van der Waals surface area contributed by atoms with Crippen molar-refractivity contribution < 1.29 is 9.53 Å². The summed E-state index contributed by atoms with van der Waals surface area (Å²) < 4.78 is 4.81. The average molecular weight is 293 g/mol. The van der Waals surface area contributed by atoms with Crippen molar-refractivity contribution in [3.63, 3.8) is 0 Å². The molecule has 20 heavy (non-hydrogen) atoms. The Morgan fingerprint density at radius 3 is 2.55 bits per heavy atom. The van der Waals surface area contributed by atoms with Gasteiger partial charge in [0.05, 0.1) is 13.0 Å². The molecule has 0 atom stereocenters. The van der Waals surface area contributed by atoms with Crippen molar-refractivity contribution in [2.45, 2.75) is 20.3 Å². The van der Waals surface area contributed by atoms with E-state index in [4.69, 9.17) is 17.0 Å². The van der Waals surface area contributed by atoms with Crippen molar-refractivity contribution in [1.29, 1.82) is 0 Å². The number of hydrazine groups is 1. The van der Waals surface area contributed by atoms with Crippen LogP contribution in [0.25, 0.3) is 0 Å². The number of anilines is 1. The SMILES string of the molecule is C=C(CC(=O)OCC)NNC(=S)Nc1ccc(C)cc1. The zero-order chi connectivity index (χ0) is 15.0. The number of benzene rings is 1. The Morgan fingerprint density at radius 2 is 1.95 bits per heavy atom. The molecule has 0 unspecified atom stereocenters. The summed E-state index contributed by atoms with van der Waals surface area (Å²) in [5, 5.41) is 3.39. The molecule has 0 fully saturated rings. The summed E-state index contributed by atoms with van der Waals surface area (Å²) in [6.07, 6.45) is 0.0913. The molecule has 1 aromatic rings. The number of nitrogens with one attached hydrogen (secondary N) is 3. The molecule has 0 aliphatic carbocycles. The number of hydrogen-bond acceptors (Lipinski definition) is 4. The van der Waals surface area contributed by atoms with Crippen LogP contribution in [-0.2, 0) is 9.53 Å². The van der Waals surface area contributed by atoms with Crippen LogP contribution < -0.4 is 16.2 Å². The third kappa shape index (κ3) is 6.19. The van der Waals surface area contributed by atoms with Crippen LogP contribution in [-0.4, -0.2) is 17.7 Å². The minimum atomic E-state index is -0.329. The lowest BCUT2D eigenvalue weighted by Crippen LogP contribution is -2.39. The standard InChI is InChI=1S/C14H19N3O2S/c1-4-19-13(18)9-11(3)16-17-14(20)15-12-7-5-10(2)6-8-12/h5-8,16H,3-4,9H2,1-2H3,(H2,15,17,20). The Morgan fingerprint density at radius 1 is 1.30 bits per heavy atom. The van der Waals surface area contributed by atoms with Crippen LogP contribution in [0, 0.1) is 6.92 Å². The van der Waals surface area contributed by atoms with Crippen molar-refractivity contribution in [3.8, 4) is 0 Å². The highest BCUT2D eigenvalue weighted by Crippen LogP contribution is 2.08. The highest BCUT2D eigenvalue weighted by molar-refractivity contribution is 7.80. The fourth-order valence-corrected chi connectivity index (χ4v) is 1.54. The van der Waals surface area contributed by atoms with Gasteiger partial charge in [0.1, 0.15) is 0 Å². The quantitative estimate of drug-likeness (QED) is 0.425. The second-order valence-electron chi connectivity index (χ2n) is 4.16. The van der Waals surface area contributed by atoms with E-state index in [1.54, 1.807) is 6.92 Å². The molecular formula is C14H19N3O2S. The molecule has 3 N–H and O–H groups in total. The normalized spacial score (nSPS) is 9.50. The van der Waals surface area contributed by atoms with Gasteiger partial charge in [-0.1, -0.05) is 24.3 Å². The monoisotopic (exact) mass is 293 g/mol. The molecule has 108 valence electrons. The number of hydrogen-bond donors (Lipinski definition) is 3. The van der Waals surface area contributed by atoms with Gasteiger partial charge in [-0.3, -0.25) is 10.2 Å². The summed E-state index contributed by atoms with van der Waals surface area (Å²) in [5.74, 6) is -0.329. The molecule has 0 aliphatic rings. The maximum absolute atomic E-state index is 11.2. The summed E-state index contributed by atoms with van der Waals surface area (Å²) in [6, 6.07) is 7.82. The van der Waals surface area contributed by atoms with Crippen LogP contribution in [0.3, 0.4) is 0 Å². The predicted molar refractivity (Wildman–Crippen MR) is 84.1 cm³/mol. The number of esters is 1. The molecule has 6 heteroatoms. The fraction of sp³-hybridized carbons (Fsp3) is 0.286. The van der Waals surface area contributed by atoms with Crippen LogP contribution in [0.5, 0.6) is 0 Å². The number of carbonyl (C=O) groups is 1. The van der Waals surface area contributed by atoms with Gasteiger partial charge < -0.3 is 15.5 Å². The van der Waals surface area contributed by atoms with Crippen LogP contribution in [0.2, 0.25) is 0 Å². The first kappa shape index (κ1) is 16.0. The summed E-state index contributed by atoms with van der Waals surface area (Å²) in [5.41, 5.74) is 8.05.